The second kappa shape index (κ2) is 9.34. The number of esters is 2. The highest BCUT2D eigenvalue weighted by Crippen LogP contribution is 2.08. The van der Waals surface area contributed by atoms with E-state index in [-0.39, 0.29) is 12.5 Å². The fraction of sp³-hybridized carbons (Fsp3) is 0.800. The van der Waals surface area contributed by atoms with Gasteiger partial charge in [-0.25, -0.2) is 14.4 Å². The van der Waals surface area contributed by atoms with Gasteiger partial charge in [0, 0.05) is 0 Å². The predicted molar refractivity (Wildman–Crippen MR) is 83.8 cm³/mol. The molecule has 0 spiro atoms. The summed E-state index contributed by atoms with van der Waals surface area (Å²) in [4.78, 5) is 35.4. The standard InChI is InChI=1S/C15H28N2O6/c1-9(2)11(13(19)22-7)17-14(20)16-10(12(18)21-6)8-23-15(3,4)5/h9-11H,8H2,1-7H3,(H2,16,17,20)/t10-,11-/m0/s1. The molecule has 8 nitrogen and oxygen atoms in total. The van der Waals surface area contributed by atoms with Crippen molar-refractivity contribution < 1.29 is 28.6 Å². The molecular weight excluding hydrogens is 304 g/mol. The third-order valence-electron chi connectivity index (χ3n) is 2.88. The highest BCUT2D eigenvalue weighted by Gasteiger charge is 2.28. The monoisotopic (exact) mass is 332 g/mol. The normalized spacial score (nSPS) is 13.9. The van der Waals surface area contributed by atoms with E-state index in [4.69, 9.17) is 4.74 Å². The first kappa shape index (κ1) is 21.2. The Hall–Kier alpha value is -1.83. The summed E-state index contributed by atoms with van der Waals surface area (Å²) in [6.45, 7) is 8.97. The number of hydrogen-bond acceptors (Lipinski definition) is 6. The average Bonchev–Trinajstić information content (AvgIpc) is 2.46. The highest BCUT2D eigenvalue weighted by atomic mass is 16.5. The van der Waals surface area contributed by atoms with Gasteiger partial charge in [0.1, 0.15) is 6.04 Å². The number of methoxy groups -OCH3 is 2. The van der Waals surface area contributed by atoms with Crippen molar-refractivity contribution in [1.29, 1.82) is 0 Å². The van der Waals surface area contributed by atoms with Crippen LogP contribution >= 0.6 is 0 Å². The van der Waals surface area contributed by atoms with Gasteiger partial charge >= 0.3 is 18.0 Å². The summed E-state index contributed by atoms with van der Waals surface area (Å²) < 4.78 is 14.8. The van der Waals surface area contributed by atoms with Gasteiger partial charge in [-0.05, 0) is 26.7 Å². The van der Waals surface area contributed by atoms with Gasteiger partial charge in [-0.15, -0.1) is 0 Å². The fourth-order valence-corrected chi connectivity index (χ4v) is 1.61. The Kier molecular flexibility index (Phi) is 8.60. The lowest BCUT2D eigenvalue weighted by Gasteiger charge is -2.25. The SMILES string of the molecule is COC(=O)[C@H](COC(C)(C)C)NC(=O)N[C@H](C(=O)OC)C(C)C. The summed E-state index contributed by atoms with van der Waals surface area (Å²) in [7, 11) is 2.46. The van der Waals surface area contributed by atoms with Crippen LogP contribution in [0.5, 0.6) is 0 Å². The predicted octanol–water partition coefficient (Wildman–Crippen LogP) is 0.840. The van der Waals surface area contributed by atoms with Crippen molar-refractivity contribution in [1.82, 2.24) is 10.6 Å². The van der Waals surface area contributed by atoms with Crippen LogP contribution in [0.2, 0.25) is 0 Å². The Morgan fingerprint density at radius 2 is 1.48 bits per heavy atom. The molecule has 0 radical (unpaired) electrons. The first-order valence-electron chi connectivity index (χ1n) is 7.38. The van der Waals surface area contributed by atoms with Crippen LogP contribution in [-0.4, -0.2) is 56.5 Å². The Balaban J connectivity index is 4.81. The molecular formula is C15H28N2O6. The van der Waals surface area contributed by atoms with Crippen LogP contribution in [0.3, 0.4) is 0 Å². The summed E-state index contributed by atoms with van der Waals surface area (Å²) in [6.07, 6.45) is 0. The molecule has 23 heavy (non-hydrogen) atoms. The largest absolute Gasteiger partial charge is 0.467 e. The topological polar surface area (TPSA) is 103 Å². The van der Waals surface area contributed by atoms with Crippen molar-refractivity contribution in [3.8, 4) is 0 Å². The minimum Gasteiger partial charge on any atom is -0.467 e. The van der Waals surface area contributed by atoms with Crippen molar-refractivity contribution in [2.45, 2.75) is 52.3 Å². The van der Waals surface area contributed by atoms with Crippen LogP contribution in [0.25, 0.3) is 0 Å². The highest BCUT2D eigenvalue weighted by molar-refractivity contribution is 5.87. The molecule has 134 valence electrons. The minimum atomic E-state index is -0.982. The number of hydrogen-bond donors (Lipinski definition) is 2. The van der Waals surface area contributed by atoms with E-state index in [0.717, 1.165) is 0 Å². The number of amides is 2. The molecule has 2 amide bonds. The second-order valence-corrected chi connectivity index (χ2v) is 6.36. The Morgan fingerprint density at radius 1 is 0.957 bits per heavy atom. The summed E-state index contributed by atoms with van der Waals surface area (Å²) in [5.41, 5.74) is -0.475. The zero-order chi connectivity index (χ0) is 18.2. The van der Waals surface area contributed by atoms with E-state index in [0.29, 0.717) is 0 Å². The van der Waals surface area contributed by atoms with E-state index in [1.165, 1.54) is 14.2 Å². The molecule has 8 heteroatoms. The summed E-state index contributed by atoms with van der Waals surface area (Å²) in [5, 5.41) is 4.93. The maximum Gasteiger partial charge on any atom is 0.330 e. The molecule has 2 N–H and O–H groups in total. The smallest absolute Gasteiger partial charge is 0.330 e. The van der Waals surface area contributed by atoms with Crippen molar-refractivity contribution in [3.05, 3.63) is 0 Å². The van der Waals surface area contributed by atoms with E-state index in [1.54, 1.807) is 13.8 Å². The molecule has 0 rings (SSSR count). The van der Waals surface area contributed by atoms with E-state index in [2.05, 4.69) is 20.1 Å². The molecule has 0 saturated heterocycles. The molecule has 0 aromatic carbocycles. The Morgan fingerprint density at radius 3 is 1.87 bits per heavy atom. The maximum atomic E-state index is 12.0. The van der Waals surface area contributed by atoms with E-state index in [1.807, 2.05) is 20.8 Å². The molecule has 0 aromatic heterocycles. The first-order chi connectivity index (χ1) is 10.5. The first-order valence-corrected chi connectivity index (χ1v) is 7.38. The van der Waals surface area contributed by atoms with Crippen molar-refractivity contribution in [2.75, 3.05) is 20.8 Å². The number of carbonyl (C=O) groups is 3. The van der Waals surface area contributed by atoms with E-state index >= 15 is 0 Å². The van der Waals surface area contributed by atoms with Crippen LogP contribution in [0.1, 0.15) is 34.6 Å². The van der Waals surface area contributed by atoms with Gasteiger partial charge in [-0.3, -0.25) is 0 Å². The lowest BCUT2D eigenvalue weighted by molar-refractivity contribution is -0.146. The van der Waals surface area contributed by atoms with Gasteiger partial charge in [0.15, 0.2) is 6.04 Å². The van der Waals surface area contributed by atoms with Gasteiger partial charge < -0.3 is 24.8 Å². The van der Waals surface area contributed by atoms with Crippen LogP contribution in [0, 0.1) is 5.92 Å². The van der Waals surface area contributed by atoms with Gasteiger partial charge in [0.2, 0.25) is 0 Å². The molecule has 0 saturated carbocycles. The zero-order valence-corrected chi connectivity index (χ0v) is 14.9. The van der Waals surface area contributed by atoms with Crippen LogP contribution in [0.15, 0.2) is 0 Å². The number of nitrogens with one attached hydrogen (secondary N) is 2. The third-order valence-corrected chi connectivity index (χ3v) is 2.88. The second-order valence-electron chi connectivity index (χ2n) is 6.36. The summed E-state index contributed by atoms with van der Waals surface area (Å²) in [5.74, 6) is -1.37. The average molecular weight is 332 g/mol. The Bertz CT molecular complexity index is 417. The number of rotatable bonds is 7. The zero-order valence-electron chi connectivity index (χ0n) is 14.9. The van der Waals surface area contributed by atoms with E-state index in [9.17, 15) is 14.4 Å². The molecule has 0 fully saturated rings. The molecule has 0 aliphatic carbocycles. The third kappa shape index (κ3) is 8.39. The number of ether oxygens (including phenoxy) is 3. The van der Waals surface area contributed by atoms with Crippen molar-refractivity contribution in [3.63, 3.8) is 0 Å². The molecule has 0 bridgehead atoms. The maximum absolute atomic E-state index is 12.0. The molecule has 0 aromatic rings. The number of urea groups is 1. The van der Waals surface area contributed by atoms with E-state index < -0.39 is 35.7 Å². The Labute approximate surface area is 137 Å². The summed E-state index contributed by atoms with van der Waals surface area (Å²) in [6, 6.07) is -2.48. The lowest BCUT2D eigenvalue weighted by Crippen LogP contribution is -2.54. The lowest BCUT2D eigenvalue weighted by atomic mass is 10.1. The van der Waals surface area contributed by atoms with Gasteiger partial charge in [0.05, 0.1) is 26.4 Å². The summed E-state index contributed by atoms with van der Waals surface area (Å²) >= 11 is 0. The minimum absolute atomic E-state index is 0.0475. The number of carbonyl (C=O) groups excluding carboxylic acids is 3. The molecule has 2 atom stereocenters. The van der Waals surface area contributed by atoms with Gasteiger partial charge in [-0.1, -0.05) is 13.8 Å². The fourth-order valence-electron chi connectivity index (χ4n) is 1.61. The van der Waals surface area contributed by atoms with Gasteiger partial charge in [-0.2, -0.15) is 0 Å². The van der Waals surface area contributed by atoms with Crippen LogP contribution < -0.4 is 10.6 Å². The van der Waals surface area contributed by atoms with Crippen molar-refractivity contribution in [2.24, 2.45) is 5.92 Å². The van der Waals surface area contributed by atoms with Crippen LogP contribution in [-0.2, 0) is 23.8 Å². The molecule has 0 unspecified atom stereocenters. The quantitative estimate of drug-likeness (QED) is 0.670. The molecule has 0 aliphatic rings. The van der Waals surface area contributed by atoms with Crippen molar-refractivity contribution >= 4 is 18.0 Å². The molecule has 0 heterocycles. The van der Waals surface area contributed by atoms with Crippen LogP contribution in [0.4, 0.5) is 4.79 Å². The van der Waals surface area contributed by atoms with Gasteiger partial charge in [0.25, 0.3) is 0 Å². The molecule has 0 aliphatic heterocycles.